The normalized spacial score (nSPS) is 28.0. The molecule has 0 unspecified atom stereocenters. The zero-order chi connectivity index (χ0) is 18.9. The van der Waals surface area contributed by atoms with E-state index in [-0.39, 0.29) is 17.7 Å². The van der Waals surface area contributed by atoms with Crippen LogP contribution in [0.25, 0.3) is 0 Å². The Morgan fingerprint density at radius 2 is 2.26 bits per heavy atom. The number of carbonyl (C=O) groups is 2. The van der Waals surface area contributed by atoms with Gasteiger partial charge in [-0.1, -0.05) is 0 Å². The highest BCUT2D eigenvalue weighted by atomic mass is 16.5. The second-order valence-electron chi connectivity index (χ2n) is 7.74. The summed E-state index contributed by atoms with van der Waals surface area (Å²) in [6.07, 6.45) is 3.66. The number of hydrogen-bond acceptors (Lipinski definition) is 5. The molecule has 27 heavy (non-hydrogen) atoms. The summed E-state index contributed by atoms with van der Waals surface area (Å²) in [4.78, 5) is 27.4. The number of likely N-dealkylation sites (tertiary alicyclic amines) is 1. The molecule has 2 amide bonds. The topological polar surface area (TPSA) is 79.9 Å². The molecular weight excluding hydrogens is 346 g/mol. The molecule has 2 saturated heterocycles. The number of piperidine rings is 2. The van der Waals surface area contributed by atoms with E-state index in [9.17, 15) is 9.59 Å². The van der Waals surface area contributed by atoms with E-state index in [0.29, 0.717) is 30.2 Å². The van der Waals surface area contributed by atoms with E-state index >= 15 is 0 Å². The number of ether oxygens (including phenoxy) is 2. The Bertz CT molecular complexity index is 732. The van der Waals surface area contributed by atoms with Gasteiger partial charge >= 0.3 is 0 Å². The van der Waals surface area contributed by atoms with Crippen LogP contribution < -0.4 is 20.1 Å². The third-order valence-corrected chi connectivity index (χ3v) is 5.83. The van der Waals surface area contributed by atoms with Gasteiger partial charge < -0.3 is 25.0 Å². The van der Waals surface area contributed by atoms with Crippen molar-refractivity contribution in [1.82, 2.24) is 15.5 Å². The lowest BCUT2D eigenvalue weighted by Crippen LogP contribution is -2.59. The first-order chi connectivity index (χ1) is 13.1. The molecule has 7 heteroatoms. The van der Waals surface area contributed by atoms with E-state index in [0.717, 1.165) is 45.3 Å². The summed E-state index contributed by atoms with van der Waals surface area (Å²) in [5, 5.41) is 6.30. The van der Waals surface area contributed by atoms with Crippen molar-refractivity contribution in [3.63, 3.8) is 0 Å². The summed E-state index contributed by atoms with van der Waals surface area (Å²) >= 11 is 0. The predicted octanol–water partition coefficient (Wildman–Crippen LogP) is 1.18. The third kappa shape index (κ3) is 3.60. The molecule has 2 N–H and O–H groups in total. The molecular formula is C20H27N3O4. The van der Waals surface area contributed by atoms with Crippen molar-refractivity contribution in [2.75, 3.05) is 39.8 Å². The molecule has 0 radical (unpaired) electrons. The van der Waals surface area contributed by atoms with Crippen molar-refractivity contribution in [1.29, 1.82) is 0 Å². The van der Waals surface area contributed by atoms with Crippen LogP contribution in [0.15, 0.2) is 18.2 Å². The number of methoxy groups -OCH3 is 1. The van der Waals surface area contributed by atoms with Gasteiger partial charge in [-0.25, -0.2) is 0 Å². The largest absolute Gasteiger partial charge is 0.497 e. The lowest BCUT2D eigenvalue weighted by molar-refractivity contribution is -0.141. The maximum absolute atomic E-state index is 13.0. The first kappa shape index (κ1) is 18.1. The van der Waals surface area contributed by atoms with Gasteiger partial charge in [-0.3, -0.25) is 9.59 Å². The van der Waals surface area contributed by atoms with Gasteiger partial charge in [0.15, 0.2) is 0 Å². The fourth-order valence-electron chi connectivity index (χ4n) is 4.34. The van der Waals surface area contributed by atoms with Gasteiger partial charge in [0.1, 0.15) is 17.1 Å². The smallest absolute Gasteiger partial charge is 0.255 e. The third-order valence-electron chi connectivity index (χ3n) is 5.83. The average Bonchev–Trinajstić information content (AvgIpc) is 2.84. The number of rotatable bonds is 2. The molecule has 0 aliphatic carbocycles. The van der Waals surface area contributed by atoms with Crippen molar-refractivity contribution in [3.05, 3.63) is 23.8 Å². The van der Waals surface area contributed by atoms with E-state index in [2.05, 4.69) is 10.6 Å². The molecule has 2 fully saturated rings. The molecule has 3 aliphatic rings. The van der Waals surface area contributed by atoms with Crippen LogP contribution in [-0.4, -0.2) is 62.1 Å². The summed E-state index contributed by atoms with van der Waals surface area (Å²) in [5.74, 6) is 1.26. The summed E-state index contributed by atoms with van der Waals surface area (Å²) in [7, 11) is 1.57. The lowest BCUT2D eigenvalue weighted by Gasteiger charge is -2.43. The number of nitrogens with one attached hydrogen (secondary N) is 2. The van der Waals surface area contributed by atoms with Gasteiger partial charge in [0.25, 0.3) is 5.91 Å². The first-order valence-corrected chi connectivity index (χ1v) is 9.75. The predicted molar refractivity (Wildman–Crippen MR) is 100 cm³/mol. The van der Waals surface area contributed by atoms with Crippen LogP contribution >= 0.6 is 0 Å². The Morgan fingerprint density at radius 1 is 1.37 bits per heavy atom. The van der Waals surface area contributed by atoms with Gasteiger partial charge in [0.05, 0.1) is 31.7 Å². The highest BCUT2D eigenvalue weighted by molar-refractivity contribution is 5.97. The monoisotopic (exact) mass is 373 g/mol. The molecule has 1 aromatic rings. The molecule has 4 rings (SSSR count). The number of hydrogen-bond donors (Lipinski definition) is 2. The molecule has 7 nitrogen and oxygen atoms in total. The highest BCUT2D eigenvalue weighted by Crippen LogP contribution is 2.34. The van der Waals surface area contributed by atoms with E-state index in [4.69, 9.17) is 9.47 Å². The molecule has 3 heterocycles. The van der Waals surface area contributed by atoms with Crippen molar-refractivity contribution < 1.29 is 19.1 Å². The van der Waals surface area contributed by atoms with Crippen LogP contribution in [0.2, 0.25) is 0 Å². The van der Waals surface area contributed by atoms with E-state index in [1.807, 2.05) is 4.90 Å². The van der Waals surface area contributed by atoms with E-state index in [1.165, 1.54) is 0 Å². The molecule has 0 aromatic heterocycles. The molecule has 1 aromatic carbocycles. The molecule has 146 valence electrons. The van der Waals surface area contributed by atoms with Crippen molar-refractivity contribution >= 4 is 11.8 Å². The van der Waals surface area contributed by atoms with Crippen molar-refractivity contribution in [2.45, 2.75) is 31.3 Å². The summed E-state index contributed by atoms with van der Waals surface area (Å²) in [5.41, 5.74) is -0.1000. The fraction of sp³-hybridized carbons (Fsp3) is 0.600. The van der Waals surface area contributed by atoms with Gasteiger partial charge in [-0.05, 0) is 50.4 Å². The molecule has 3 aliphatic heterocycles. The first-order valence-electron chi connectivity index (χ1n) is 9.75. The number of fused-ring (bicyclic) bond motifs is 1. The van der Waals surface area contributed by atoms with Crippen LogP contribution in [0.4, 0.5) is 0 Å². The van der Waals surface area contributed by atoms with Crippen LogP contribution in [0.5, 0.6) is 11.5 Å². The lowest BCUT2D eigenvalue weighted by atomic mass is 9.90. The highest BCUT2D eigenvalue weighted by Gasteiger charge is 2.43. The zero-order valence-electron chi connectivity index (χ0n) is 15.8. The van der Waals surface area contributed by atoms with E-state index < -0.39 is 5.60 Å². The second-order valence-corrected chi connectivity index (χ2v) is 7.74. The Balaban J connectivity index is 1.55. The van der Waals surface area contributed by atoms with E-state index in [1.54, 1.807) is 25.3 Å². The number of carbonyl (C=O) groups excluding carboxylic acids is 2. The molecule has 0 bridgehead atoms. The second kappa shape index (κ2) is 7.38. The van der Waals surface area contributed by atoms with Crippen LogP contribution in [0.1, 0.15) is 36.0 Å². The fourth-order valence-corrected chi connectivity index (χ4v) is 4.34. The Labute approximate surface area is 159 Å². The summed E-state index contributed by atoms with van der Waals surface area (Å²) < 4.78 is 11.6. The zero-order valence-corrected chi connectivity index (χ0v) is 15.8. The quantitative estimate of drug-likeness (QED) is 0.814. The summed E-state index contributed by atoms with van der Waals surface area (Å²) in [6.45, 7) is 3.40. The van der Waals surface area contributed by atoms with Gasteiger partial charge in [-0.2, -0.15) is 0 Å². The van der Waals surface area contributed by atoms with Crippen LogP contribution in [-0.2, 0) is 4.79 Å². The van der Waals surface area contributed by atoms with Crippen LogP contribution in [0.3, 0.4) is 0 Å². The number of amides is 2. The van der Waals surface area contributed by atoms with Crippen LogP contribution in [0, 0.1) is 5.92 Å². The number of nitrogens with zero attached hydrogens (tertiary/aromatic N) is 1. The maximum atomic E-state index is 13.0. The van der Waals surface area contributed by atoms with Gasteiger partial charge in [-0.15, -0.1) is 0 Å². The van der Waals surface area contributed by atoms with Gasteiger partial charge in [0, 0.05) is 13.1 Å². The Hall–Kier alpha value is -2.28. The summed E-state index contributed by atoms with van der Waals surface area (Å²) in [6, 6.07) is 5.28. The SMILES string of the molecule is COc1ccc2c(c1)C(=O)NC[C@]1(CCCN(C(=O)[C@@H]3CCCNC3)C1)O2. The van der Waals surface area contributed by atoms with Crippen molar-refractivity contribution in [3.8, 4) is 11.5 Å². The van der Waals surface area contributed by atoms with Crippen molar-refractivity contribution in [2.24, 2.45) is 5.92 Å². The Kier molecular flexibility index (Phi) is 4.95. The Morgan fingerprint density at radius 3 is 3.04 bits per heavy atom. The molecule has 2 atom stereocenters. The minimum absolute atomic E-state index is 0.0471. The minimum atomic E-state index is -0.578. The average molecular weight is 373 g/mol. The maximum Gasteiger partial charge on any atom is 0.255 e. The van der Waals surface area contributed by atoms with Gasteiger partial charge in [0.2, 0.25) is 5.91 Å². The number of benzene rings is 1. The molecule has 1 spiro atoms. The molecule has 0 saturated carbocycles. The minimum Gasteiger partial charge on any atom is -0.497 e. The standard InChI is InChI=1S/C20H27N3O4/c1-26-15-5-6-17-16(10-15)18(24)22-12-20(27-17)7-3-9-23(13-20)19(25)14-4-2-8-21-11-14/h5-6,10,14,21H,2-4,7-9,11-13H2,1H3,(H,22,24)/t14-,20+/m1/s1.